The van der Waals surface area contributed by atoms with Crippen LogP contribution in [0, 0.1) is 11.8 Å². The summed E-state index contributed by atoms with van der Waals surface area (Å²) in [5.74, 6) is 1.90. The van der Waals surface area contributed by atoms with Crippen LogP contribution in [0.5, 0.6) is 5.75 Å². The number of hydrogen-bond donors (Lipinski definition) is 1. The number of benzene rings is 3. The van der Waals surface area contributed by atoms with Crippen LogP contribution in [0.4, 0.5) is 13.2 Å². The average molecular weight is 561 g/mol. The van der Waals surface area contributed by atoms with Gasteiger partial charge in [0.2, 0.25) is 0 Å². The van der Waals surface area contributed by atoms with Crippen molar-refractivity contribution in [3.63, 3.8) is 0 Å². The predicted octanol–water partition coefficient (Wildman–Crippen LogP) is 10.9. The Morgan fingerprint density at radius 1 is 0.732 bits per heavy atom. The van der Waals surface area contributed by atoms with Gasteiger partial charge in [-0.1, -0.05) is 99.5 Å². The fourth-order valence-electron chi connectivity index (χ4n) is 6.94. The number of fused-ring (bicyclic) bond motifs is 1. The Kier molecular flexibility index (Phi) is 10.2. The molecule has 218 valence electrons. The van der Waals surface area contributed by atoms with Crippen LogP contribution in [-0.4, -0.2) is 11.8 Å². The topological polar surface area (TPSA) is 20.2 Å². The van der Waals surface area contributed by atoms with Crippen molar-refractivity contribution in [2.45, 2.75) is 89.9 Å². The molecule has 0 spiro atoms. The molecule has 0 aromatic heterocycles. The second-order valence-corrected chi connectivity index (χ2v) is 12.1. The van der Waals surface area contributed by atoms with E-state index in [1.54, 1.807) is 6.07 Å². The summed E-state index contributed by atoms with van der Waals surface area (Å²) in [4.78, 5) is 0. The molecule has 2 aliphatic rings. The van der Waals surface area contributed by atoms with Gasteiger partial charge in [-0.2, -0.15) is 0 Å². The Morgan fingerprint density at radius 2 is 1.41 bits per heavy atom. The Balaban J connectivity index is 1.31. The van der Waals surface area contributed by atoms with Crippen LogP contribution >= 0.6 is 0 Å². The van der Waals surface area contributed by atoms with Crippen molar-refractivity contribution in [2.75, 3.05) is 6.67 Å². The molecule has 1 nitrogen and oxygen atoms in total. The lowest BCUT2D eigenvalue weighted by molar-refractivity contribution is 0.151. The van der Waals surface area contributed by atoms with Crippen LogP contribution < -0.4 is 0 Å². The number of aromatic hydroxyl groups is 1. The molecule has 0 radical (unpaired) electrons. The molecule has 0 aliphatic heterocycles. The van der Waals surface area contributed by atoms with Crippen LogP contribution in [0.3, 0.4) is 0 Å². The van der Waals surface area contributed by atoms with E-state index in [1.807, 2.05) is 24.3 Å². The summed E-state index contributed by atoms with van der Waals surface area (Å²) in [5.41, 5.74) is 8.05. The fourth-order valence-corrected chi connectivity index (χ4v) is 6.94. The molecule has 41 heavy (non-hydrogen) atoms. The zero-order valence-electron chi connectivity index (χ0n) is 24.1. The molecule has 4 heteroatoms. The number of unbranched alkanes of at least 4 members (excludes halogenated alkanes) is 2. The van der Waals surface area contributed by atoms with E-state index in [0.717, 1.165) is 78.2 Å². The molecule has 2 aliphatic carbocycles. The standard InChI is InChI=1S/C37H43F3O/c38-24-3-1-2-5-26-8-10-27(11-9-26)12-13-28-14-16-30(17-15-28)36-34(29-18-20-31(21-19-29)37(39)40)7-4-6-32-25-33(41)22-23-35(32)36/h14-23,25-27,37,41H,1-13,24H2. The molecule has 1 N–H and O–H groups in total. The van der Waals surface area contributed by atoms with Gasteiger partial charge in [0.25, 0.3) is 6.43 Å². The van der Waals surface area contributed by atoms with E-state index in [2.05, 4.69) is 24.3 Å². The number of hydrogen-bond acceptors (Lipinski definition) is 1. The molecule has 5 rings (SSSR count). The number of aryl methyl sites for hydroxylation is 2. The van der Waals surface area contributed by atoms with E-state index >= 15 is 0 Å². The monoisotopic (exact) mass is 560 g/mol. The lowest BCUT2D eigenvalue weighted by Gasteiger charge is -2.28. The Hall–Kier alpha value is -3.01. The smallest absolute Gasteiger partial charge is 0.263 e. The van der Waals surface area contributed by atoms with Crippen molar-refractivity contribution in [1.82, 2.24) is 0 Å². The van der Waals surface area contributed by atoms with Crippen LogP contribution in [0.25, 0.3) is 11.1 Å². The second kappa shape index (κ2) is 14.2. The molecule has 0 heterocycles. The van der Waals surface area contributed by atoms with Crippen molar-refractivity contribution >= 4 is 11.1 Å². The minimum Gasteiger partial charge on any atom is -0.508 e. The van der Waals surface area contributed by atoms with Gasteiger partial charge in [-0.05, 0) is 101 Å². The van der Waals surface area contributed by atoms with Gasteiger partial charge < -0.3 is 5.11 Å². The minimum absolute atomic E-state index is 0.0428. The SMILES string of the molecule is Oc1ccc2c(c1)CCCC(c1ccc(C(F)F)cc1)=C2c1ccc(CCC2CCC(CCCCCF)CC2)cc1. The average Bonchev–Trinajstić information content (AvgIpc) is 3.18. The summed E-state index contributed by atoms with van der Waals surface area (Å²) in [6, 6.07) is 21.3. The highest BCUT2D eigenvalue weighted by Gasteiger charge is 2.22. The lowest BCUT2D eigenvalue weighted by atomic mass is 9.77. The van der Waals surface area contributed by atoms with Crippen LogP contribution in [0.1, 0.15) is 110 Å². The third-order valence-corrected chi connectivity index (χ3v) is 9.34. The van der Waals surface area contributed by atoms with E-state index in [1.165, 1.54) is 68.2 Å². The van der Waals surface area contributed by atoms with Crippen molar-refractivity contribution in [3.05, 3.63) is 100 Å². The molecule has 3 aromatic carbocycles. The first-order valence-electron chi connectivity index (χ1n) is 15.6. The summed E-state index contributed by atoms with van der Waals surface area (Å²) >= 11 is 0. The Bertz CT molecular complexity index is 1280. The molecule has 0 unspecified atom stereocenters. The van der Waals surface area contributed by atoms with Crippen molar-refractivity contribution < 1.29 is 18.3 Å². The summed E-state index contributed by atoms with van der Waals surface area (Å²) in [7, 11) is 0. The number of halogens is 3. The third-order valence-electron chi connectivity index (χ3n) is 9.34. The van der Waals surface area contributed by atoms with Gasteiger partial charge in [0.05, 0.1) is 6.67 Å². The lowest BCUT2D eigenvalue weighted by Crippen LogP contribution is -2.15. The van der Waals surface area contributed by atoms with Gasteiger partial charge in [-0.3, -0.25) is 4.39 Å². The summed E-state index contributed by atoms with van der Waals surface area (Å²) in [5, 5.41) is 10.2. The quantitative estimate of drug-likeness (QED) is 0.231. The molecule has 0 bridgehead atoms. The summed E-state index contributed by atoms with van der Waals surface area (Å²) in [6.07, 6.45) is 11.9. The van der Waals surface area contributed by atoms with Gasteiger partial charge in [-0.25, -0.2) is 8.78 Å². The van der Waals surface area contributed by atoms with Crippen LogP contribution in [0.2, 0.25) is 0 Å². The van der Waals surface area contributed by atoms with Crippen LogP contribution in [0.15, 0.2) is 66.7 Å². The van der Waals surface area contributed by atoms with Gasteiger partial charge in [0.15, 0.2) is 0 Å². The normalized spacial score (nSPS) is 19.3. The van der Waals surface area contributed by atoms with Gasteiger partial charge in [0, 0.05) is 5.56 Å². The largest absolute Gasteiger partial charge is 0.508 e. The van der Waals surface area contributed by atoms with E-state index in [-0.39, 0.29) is 18.0 Å². The maximum atomic E-state index is 13.2. The number of phenols is 1. The third kappa shape index (κ3) is 7.64. The van der Waals surface area contributed by atoms with E-state index in [9.17, 15) is 18.3 Å². The summed E-state index contributed by atoms with van der Waals surface area (Å²) in [6.45, 7) is -0.179. The highest BCUT2D eigenvalue weighted by Crippen LogP contribution is 2.41. The minimum atomic E-state index is -2.48. The molecular formula is C37H43F3O. The molecule has 1 fully saturated rings. The van der Waals surface area contributed by atoms with Gasteiger partial charge >= 0.3 is 0 Å². The first kappa shape index (κ1) is 29.5. The maximum absolute atomic E-state index is 13.2. The number of rotatable bonds is 11. The van der Waals surface area contributed by atoms with Gasteiger partial charge in [0.1, 0.15) is 5.75 Å². The highest BCUT2D eigenvalue weighted by atomic mass is 19.3. The number of allylic oxidation sites excluding steroid dienone is 1. The zero-order chi connectivity index (χ0) is 28.6. The zero-order valence-corrected chi connectivity index (χ0v) is 24.1. The first-order chi connectivity index (χ1) is 20.0. The highest BCUT2D eigenvalue weighted by molar-refractivity contribution is 6.00. The molecule has 1 saturated carbocycles. The molecule has 0 saturated heterocycles. The maximum Gasteiger partial charge on any atom is 0.263 e. The predicted molar refractivity (Wildman–Crippen MR) is 163 cm³/mol. The van der Waals surface area contributed by atoms with Crippen molar-refractivity contribution in [3.8, 4) is 5.75 Å². The molecular weight excluding hydrogens is 517 g/mol. The molecule has 0 amide bonds. The first-order valence-corrected chi connectivity index (χ1v) is 15.6. The van der Waals surface area contributed by atoms with Crippen molar-refractivity contribution in [1.29, 1.82) is 0 Å². The fraction of sp³-hybridized carbons (Fsp3) is 0.459. The second-order valence-electron chi connectivity index (χ2n) is 12.1. The molecule has 3 aromatic rings. The van der Waals surface area contributed by atoms with Crippen LogP contribution in [-0.2, 0) is 12.8 Å². The van der Waals surface area contributed by atoms with E-state index < -0.39 is 6.43 Å². The Labute approximate surface area is 243 Å². The Morgan fingerprint density at radius 3 is 2.10 bits per heavy atom. The van der Waals surface area contributed by atoms with Gasteiger partial charge in [-0.15, -0.1) is 0 Å². The van der Waals surface area contributed by atoms with E-state index in [0.29, 0.717) is 0 Å². The van der Waals surface area contributed by atoms with Crippen molar-refractivity contribution in [2.24, 2.45) is 11.8 Å². The van der Waals surface area contributed by atoms with E-state index in [4.69, 9.17) is 0 Å². The molecule has 0 atom stereocenters. The number of phenolic OH excluding ortho intramolecular Hbond substituents is 1. The number of alkyl halides is 3. The summed E-state index contributed by atoms with van der Waals surface area (Å²) < 4.78 is 38.8.